The molecule has 1 aliphatic heterocycles. The Morgan fingerprint density at radius 2 is 2.00 bits per heavy atom. The molecular weight excluding hydrogens is 456 g/mol. The number of aliphatic carboxylic acids is 1. The van der Waals surface area contributed by atoms with Crippen LogP contribution in [-0.4, -0.2) is 35.6 Å². The quantitative estimate of drug-likeness (QED) is 0.372. The van der Waals surface area contributed by atoms with E-state index in [4.69, 9.17) is 33.3 Å². The molecule has 0 aliphatic carbocycles. The largest absolute Gasteiger partial charge is 0.546 e. The predicted molar refractivity (Wildman–Crippen MR) is 120 cm³/mol. The molecule has 3 rings (SSSR count). The third-order valence-electron chi connectivity index (χ3n) is 4.38. The number of ether oxygens (including phenoxy) is 2. The maximum atomic E-state index is 13.1. The Bertz CT molecular complexity index is 1130. The molecule has 0 saturated carbocycles. The zero-order valence-corrected chi connectivity index (χ0v) is 18.7. The highest BCUT2D eigenvalue weighted by Crippen LogP contribution is 2.31. The van der Waals surface area contributed by atoms with Gasteiger partial charge in [-0.2, -0.15) is 0 Å². The zero-order chi connectivity index (χ0) is 23.4. The van der Waals surface area contributed by atoms with Crippen LogP contribution in [0, 0.1) is 0 Å². The molecule has 1 saturated heterocycles. The second-order valence-electron chi connectivity index (χ2n) is 6.66. The molecule has 0 spiro atoms. The van der Waals surface area contributed by atoms with Gasteiger partial charge in [0.15, 0.2) is 16.6 Å². The fourth-order valence-electron chi connectivity index (χ4n) is 2.89. The Labute approximate surface area is 194 Å². The summed E-state index contributed by atoms with van der Waals surface area (Å²) in [6, 6.07) is 11.1. The van der Waals surface area contributed by atoms with Crippen molar-refractivity contribution >= 4 is 58.5 Å². The lowest BCUT2D eigenvalue weighted by molar-refractivity contribution is -0.312. The number of rotatable bonds is 7. The Morgan fingerprint density at radius 1 is 1.25 bits per heavy atom. The molecule has 1 N–H and O–H groups in total. The van der Waals surface area contributed by atoms with Gasteiger partial charge < -0.3 is 19.4 Å². The minimum absolute atomic E-state index is 0.0607. The van der Waals surface area contributed by atoms with Crippen molar-refractivity contribution in [2.45, 2.75) is 20.0 Å². The smallest absolute Gasteiger partial charge is 0.270 e. The van der Waals surface area contributed by atoms with E-state index in [1.807, 2.05) is 0 Å². The number of nitrogens with one attached hydrogen (secondary N) is 1. The van der Waals surface area contributed by atoms with Crippen molar-refractivity contribution in [3.63, 3.8) is 0 Å². The van der Waals surface area contributed by atoms with Gasteiger partial charge >= 0.3 is 0 Å². The third kappa shape index (κ3) is 5.06. The van der Waals surface area contributed by atoms with E-state index in [-0.39, 0.29) is 28.8 Å². The van der Waals surface area contributed by atoms with E-state index in [1.165, 1.54) is 30.0 Å². The van der Waals surface area contributed by atoms with Crippen LogP contribution in [0.1, 0.15) is 19.4 Å². The summed E-state index contributed by atoms with van der Waals surface area (Å²) >= 11 is 11.2. The molecule has 1 aliphatic rings. The van der Waals surface area contributed by atoms with Gasteiger partial charge in [-0.15, -0.1) is 0 Å². The summed E-state index contributed by atoms with van der Waals surface area (Å²) < 4.78 is 10.9. The highest BCUT2D eigenvalue weighted by molar-refractivity contribution is 7.80. The molecule has 0 bridgehead atoms. The Hall–Kier alpha value is -3.43. The standard InChI is InChI=1S/C22H19ClN2O6S/c1-3-30-18-10-13(7-8-17(18)31-12(2)21(28)29)9-16-19(26)24-22(32)25(20(16)27)15-6-4-5-14(23)11-15/h4-12H,3H2,1-2H3,(H,28,29)(H,24,26,32)/p-1/b16-9-/t12-/m1/s1. The van der Waals surface area contributed by atoms with Gasteiger partial charge in [0.1, 0.15) is 11.7 Å². The van der Waals surface area contributed by atoms with Crippen LogP contribution in [0.15, 0.2) is 48.0 Å². The van der Waals surface area contributed by atoms with Crippen LogP contribution >= 0.6 is 23.8 Å². The molecule has 2 aromatic carbocycles. The molecular formula is C22H18ClN2O6S-. The maximum absolute atomic E-state index is 13.1. The number of carboxylic acids is 1. The van der Waals surface area contributed by atoms with Gasteiger partial charge in [-0.05, 0) is 68.0 Å². The predicted octanol–water partition coefficient (Wildman–Crippen LogP) is 2.09. The van der Waals surface area contributed by atoms with Gasteiger partial charge in [0.25, 0.3) is 11.8 Å². The summed E-state index contributed by atoms with van der Waals surface area (Å²) in [7, 11) is 0. The first-order valence-electron chi connectivity index (χ1n) is 9.52. The summed E-state index contributed by atoms with van der Waals surface area (Å²) in [6.07, 6.45) is 0.183. The van der Waals surface area contributed by atoms with E-state index in [1.54, 1.807) is 37.3 Å². The molecule has 0 radical (unpaired) electrons. The first kappa shape index (κ1) is 23.2. The van der Waals surface area contributed by atoms with E-state index in [0.29, 0.717) is 16.3 Å². The summed E-state index contributed by atoms with van der Waals surface area (Å²) in [6.45, 7) is 3.37. The number of hydrogen-bond acceptors (Lipinski definition) is 7. The van der Waals surface area contributed by atoms with E-state index in [2.05, 4.69) is 5.32 Å². The molecule has 1 fully saturated rings. The molecule has 1 heterocycles. The summed E-state index contributed by atoms with van der Waals surface area (Å²) in [5.74, 6) is -2.21. The summed E-state index contributed by atoms with van der Waals surface area (Å²) in [5, 5.41) is 13.8. The number of carbonyl (C=O) groups excluding carboxylic acids is 3. The first-order valence-corrected chi connectivity index (χ1v) is 10.3. The number of halogens is 1. The number of anilines is 1. The third-order valence-corrected chi connectivity index (χ3v) is 4.90. The number of hydrogen-bond donors (Lipinski definition) is 1. The van der Waals surface area contributed by atoms with Crippen molar-refractivity contribution in [1.82, 2.24) is 5.32 Å². The van der Waals surface area contributed by atoms with Crippen molar-refractivity contribution in [2.24, 2.45) is 0 Å². The lowest BCUT2D eigenvalue weighted by atomic mass is 10.1. The first-order chi connectivity index (χ1) is 15.2. The number of carbonyl (C=O) groups is 3. The Kier molecular flexibility index (Phi) is 7.12. The van der Waals surface area contributed by atoms with Crippen LogP contribution in [0.5, 0.6) is 11.5 Å². The summed E-state index contributed by atoms with van der Waals surface area (Å²) in [5.41, 5.74) is 0.713. The average Bonchev–Trinajstić information content (AvgIpc) is 2.73. The molecule has 10 heteroatoms. The van der Waals surface area contributed by atoms with Crippen LogP contribution in [0.25, 0.3) is 6.08 Å². The Morgan fingerprint density at radius 3 is 2.66 bits per heavy atom. The lowest BCUT2D eigenvalue weighted by Crippen LogP contribution is -2.54. The van der Waals surface area contributed by atoms with Crippen LogP contribution in [0.3, 0.4) is 0 Å². The molecule has 166 valence electrons. The number of benzene rings is 2. The fourth-order valence-corrected chi connectivity index (χ4v) is 3.36. The van der Waals surface area contributed by atoms with Gasteiger partial charge in [0.2, 0.25) is 0 Å². The van der Waals surface area contributed by atoms with Gasteiger partial charge in [-0.3, -0.25) is 19.8 Å². The molecule has 32 heavy (non-hydrogen) atoms. The normalized spacial score (nSPS) is 16.0. The molecule has 0 aromatic heterocycles. The molecule has 2 amide bonds. The SMILES string of the molecule is CCOc1cc(/C=C2/C(=O)NC(=S)N(c3cccc(Cl)c3)C2=O)ccc1O[C@H](C)C(=O)[O-]. The number of carboxylic acid groups (broad SMARTS) is 1. The highest BCUT2D eigenvalue weighted by atomic mass is 35.5. The number of amides is 2. The lowest BCUT2D eigenvalue weighted by Gasteiger charge is -2.29. The second-order valence-corrected chi connectivity index (χ2v) is 7.48. The Balaban J connectivity index is 1.97. The summed E-state index contributed by atoms with van der Waals surface area (Å²) in [4.78, 5) is 37.7. The van der Waals surface area contributed by atoms with E-state index < -0.39 is 23.9 Å². The van der Waals surface area contributed by atoms with Crippen molar-refractivity contribution in [3.8, 4) is 11.5 Å². The number of thiocarbonyl (C=S) groups is 1. The topological polar surface area (TPSA) is 108 Å². The molecule has 8 nitrogen and oxygen atoms in total. The molecule has 2 aromatic rings. The van der Waals surface area contributed by atoms with Crippen LogP contribution in [0.2, 0.25) is 5.02 Å². The second kappa shape index (κ2) is 9.80. The minimum atomic E-state index is -1.37. The zero-order valence-electron chi connectivity index (χ0n) is 17.1. The highest BCUT2D eigenvalue weighted by Gasteiger charge is 2.34. The van der Waals surface area contributed by atoms with E-state index in [0.717, 1.165) is 0 Å². The van der Waals surface area contributed by atoms with Gasteiger partial charge in [-0.25, -0.2) is 0 Å². The molecule has 1 atom stereocenters. The monoisotopic (exact) mass is 473 g/mol. The fraction of sp³-hybridized carbons (Fsp3) is 0.182. The van der Waals surface area contributed by atoms with Crippen molar-refractivity contribution in [1.29, 1.82) is 0 Å². The van der Waals surface area contributed by atoms with Crippen molar-refractivity contribution in [2.75, 3.05) is 11.5 Å². The van der Waals surface area contributed by atoms with Gasteiger partial charge in [-0.1, -0.05) is 23.7 Å². The van der Waals surface area contributed by atoms with Crippen LogP contribution < -0.4 is 24.8 Å². The van der Waals surface area contributed by atoms with Crippen molar-refractivity contribution < 1.29 is 29.0 Å². The van der Waals surface area contributed by atoms with E-state index in [9.17, 15) is 19.5 Å². The van der Waals surface area contributed by atoms with E-state index >= 15 is 0 Å². The van der Waals surface area contributed by atoms with Crippen LogP contribution in [-0.2, 0) is 14.4 Å². The minimum Gasteiger partial charge on any atom is -0.546 e. The maximum Gasteiger partial charge on any atom is 0.270 e. The van der Waals surface area contributed by atoms with Gasteiger partial charge in [0.05, 0.1) is 18.3 Å². The van der Waals surface area contributed by atoms with Gasteiger partial charge in [0, 0.05) is 5.02 Å². The van der Waals surface area contributed by atoms with Crippen LogP contribution in [0.4, 0.5) is 5.69 Å². The molecule has 0 unspecified atom stereocenters. The number of nitrogens with zero attached hydrogens (tertiary/aromatic N) is 1. The van der Waals surface area contributed by atoms with Crippen molar-refractivity contribution in [3.05, 3.63) is 58.6 Å². The average molecular weight is 474 g/mol.